The molecule has 3 nitrogen and oxygen atoms in total. The number of nitrogens with one attached hydrogen (secondary N) is 1. The second kappa shape index (κ2) is 10.2. The van der Waals surface area contributed by atoms with Gasteiger partial charge in [0.1, 0.15) is 5.75 Å². The van der Waals surface area contributed by atoms with Crippen LogP contribution in [0.3, 0.4) is 0 Å². The number of carbonyl (C=O) groups excluding carboxylic acids is 1. The minimum absolute atomic E-state index is 0.107. The lowest BCUT2D eigenvalue weighted by Gasteiger charge is -2.18. The van der Waals surface area contributed by atoms with Crippen molar-refractivity contribution in [3.63, 3.8) is 0 Å². The van der Waals surface area contributed by atoms with Crippen LogP contribution >= 0.6 is 0 Å². The van der Waals surface area contributed by atoms with Gasteiger partial charge in [-0.25, -0.2) is 0 Å². The summed E-state index contributed by atoms with van der Waals surface area (Å²) in [6, 6.07) is 5.11. The van der Waals surface area contributed by atoms with Crippen molar-refractivity contribution < 1.29 is 22.7 Å². The van der Waals surface area contributed by atoms with Crippen molar-refractivity contribution in [1.82, 2.24) is 5.32 Å². The number of alkyl halides is 3. The molecule has 1 unspecified atom stereocenters. The number of benzene rings is 1. The highest BCUT2D eigenvalue weighted by atomic mass is 19.4. The summed E-state index contributed by atoms with van der Waals surface area (Å²) in [7, 11) is 0. The third kappa shape index (κ3) is 8.22. The predicted molar refractivity (Wildman–Crippen MR) is 88.0 cm³/mol. The quantitative estimate of drug-likeness (QED) is 0.572. The Balaban J connectivity index is 2.62. The molecule has 1 amide bonds. The molecule has 6 heteroatoms. The van der Waals surface area contributed by atoms with E-state index >= 15 is 0 Å². The van der Waals surface area contributed by atoms with E-state index in [1.54, 1.807) is 0 Å². The van der Waals surface area contributed by atoms with E-state index < -0.39 is 6.36 Å². The molecule has 24 heavy (non-hydrogen) atoms. The molecule has 0 aliphatic rings. The van der Waals surface area contributed by atoms with Crippen LogP contribution in [-0.2, 0) is 0 Å². The molecule has 136 valence electrons. The molecule has 1 rings (SSSR count). The molecule has 0 aliphatic carbocycles. The van der Waals surface area contributed by atoms with Crippen molar-refractivity contribution in [3.05, 3.63) is 29.8 Å². The van der Waals surface area contributed by atoms with Gasteiger partial charge in [-0.1, -0.05) is 46.0 Å². The molecule has 0 aliphatic heterocycles. The summed E-state index contributed by atoms with van der Waals surface area (Å²) in [6.45, 7) is 4.23. The molecule has 0 radical (unpaired) electrons. The standard InChI is InChI=1S/C18H26F3NO2/c1-3-5-7-9-15(8-6-4-2)22-17(23)14-10-12-16(13-11-14)24-18(19,20)21/h10-13,15H,3-9H2,1-2H3,(H,22,23). The molecule has 0 heterocycles. The van der Waals surface area contributed by atoms with Gasteiger partial charge in [-0.3, -0.25) is 4.79 Å². The normalized spacial score (nSPS) is 12.7. The molecule has 1 aromatic rings. The van der Waals surface area contributed by atoms with Gasteiger partial charge in [-0.05, 0) is 37.1 Å². The van der Waals surface area contributed by atoms with Crippen LogP contribution in [0.1, 0.15) is 69.2 Å². The zero-order valence-electron chi connectivity index (χ0n) is 14.3. The lowest BCUT2D eigenvalue weighted by Crippen LogP contribution is -2.34. The van der Waals surface area contributed by atoms with Gasteiger partial charge >= 0.3 is 6.36 Å². The Kier molecular flexibility index (Phi) is 8.65. The monoisotopic (exact) mass is 345 g/mol. The number of unbranched alkanes of at least 4 members (excludes halogenated alkanes) is 3. The fraction of sp³-hybridized carbons (Fsp3) is 0.611. The van der Waals surface area contributed by atoms with Crippen LogP contribution in [-0.4, -0.2) is 18.3 Å². The average Bonchev–Trinajstić information content (AvgIpc) is 2.51. The summed E-state index contributed by atoms with van der Waals surface area (Å²) < 4.78 is 40.2. The van der Waals surface area contributed by atoms with Gasteiger partial charge < -0.3 is 10.1 Å². The summed E-state index contributed by atoms with van der Waals surface area (Å²) in [5.41, 5.74) is 0.335. The zero-order valence-corrected chi connectivity index (χ0v) is 14.3. The lowest BCUT2D eigenvalue weighted by atomic mass is 10.0. The third-order valence-electron chi connectivity index (χ3n) is 3.75. The van der Waals surface area contributed by atoms with Gasteiger partial charge in [0.2, 0.25) is 0 Å². The maximum atomic E-state index is 12.3. The van der Waals surface area contributed by atoms with E-state index in [4.69, 9.17) is 0 Å². The van der Waals surface area contributed by atoms with Crippen LogP contribution in [0, 0.1) is 0 Å². The van der Waals surface area contributed by atoms with Crippen LogP contribution in [0.4, 0.5) is 13.2 Å². The number of amides is 1. The molecular formula is C18H26F3NO2. The van der Waals surface area contributed by atoms with Crippen molar-refractivity contribution in [2.24, 2.45) is 0 Å². The number of hydrogen-bond acceptors (Lipinski definition) is 2. The van der Waals surface area contributed by atoms with E-state index in [1.165, 1.54) is 12.1 Å². The van der Waals surface area contributed by atoms with Crippen molar-refractivity contribution in [2.75, 3.05) is 0 Å². The number of ether oxygens (including phenoxy) is 1. The van der Waals surface area contributed by atoms with Crippen LogP contribution < -0.4 is 10.1 Å². The molecule has 1 N–H and O–H groups in total. The van der Waals surface area contributed by atoms with Crippen LogP contribution in [0.2, 0.25) is 0 Å². The summed E-state index contributed by atoms with van der Waals surface area (Å²) >= 11 is 0. The second-order valence-electron chi connectivity index (χ2n) is 5.88. The predicted octanol–water partition coefficient (Wildman–Crippen LogP) is 5.45. The number of rotatable bonds is 10. The Morgan fingerprint density at radius 3 is 2.17 bits per heavy atom. The summed E-state index contributed by atoms with van der Waals surface area (Å²) in [5.74, 6) is -0.587. The molecule has 0 bridgehead atoms. The van der Waals surface area contributed by atoms with E-state index in [0.717, 1.165) is 57.1 Å². The van der Waals surface area contributed by atoms with E-state index in [1.807, 2.05) is 0 Å². The Bertz CT molecular complexity index is 486. The Morgan fingerprint density at radius 1 is 1.04 bits per heavy atom. The van der Waals surface area contributed by atoms with Crippen molar-refractivity contribution >= 4 is 5.91 Å². The molecule has 1 atom stereocenters. The van der Waals surface area contributed by atoms with Gasteiger partial charge in [-0.15, -0.1) is 13.2 Å². The average molecular weight is 345 g/mol. The molecule has 0 saturated carbocycles. The number of halogens is 3. The van der Waals surface area contributed by atoms with Gasteiger partial charge in [0.15, 0.2) is 0 Å². The first-order valence-corrected chi connectivity index (χ1v) is 8.52. The van der Waals surface area contributed by atoms with E-state index in [0.29, 0.717) is 5.56 Å². The Morgan fingerprint density at radius 2 is 1.62 bits per heavy atom. The third-order valence-corrected chi connectivity index (χ3v) is 3.75. The number of hydrogen-bond donors (Lipinski definition) is 1. The maximum Gasteiger partial charge on any atom is 0.573 e. The molecule has 1 aromatic carbocycles. The topological polar surface area (TPSA) is 38.3 Å². The summed E-state index contributed by atoms with van der Waals surface area (Å²) in [5, 5.41) is 2.99. The zero-order chi connectivity index (χ0) is 18.0. The van der Waals surface area contributed by atoms with Gasteiger partial charge in [-0.2, -0.15) is 0 Å². The van der Waals surface area contributed by atoms with Gasteiger partial charge in [0, 0.05) is 11.6 Å². The molecule has 0 aromatic heterocycles. The fourth-order valence-electron chi connectivity index (χ4n) is 2.46. The number of carbonyl (C=O) groups is 1. The minimum atomic E-state index is -4.73. The fourth-order valence-corrected chi connectivity index (χ4v) is 2.46. The van der Waals surface area contributed by atoms with Gasteiger partial charge in [0.05, 0.1) is 0 Å². The smallest absolute Gasteiger partial charge is 0.406 e. The van der Waals surface area contributed by atoms with Crippen LogP contribution in [0.25, 0.3) is 0 Å². The molecular weight excluding hydrogens is 319 g/mol. The second-order valence-corrected chi connectivity index (χ2v) is 5.88. The highest BCUT2D eigenvalue weighted by Gasteiger charge is 2.31. The SMILES string of the molecule is CCCCCC(CCCC)NC(=O)c1ccc(OC(F)(F)F)cc1. The summed E-state index contributed by atoms with van der Waals surface area (Å²) in [6.07, 6.45) is 2.52. The molecule has 0 fully saturated rings. The highest BCUT2D eigenvalue weighted by molar-refractivity contribution is 5.94. The first kappa shape index (κ1) is 20.3. The Labute approximate surface area is 141 Å². The largest absolute Gasteiger partial charge is 0.573 e. The van der Waals surface area contributed by atoms with E-state index in [-0.39, 0.29) is 17.7 Å². The molecule has 0 saturated heterocycles. The van der Waals surface area contributed by atoms with Crippen LogP contribution in [0.15, 0.2) is 24.3 Å². The van der Waals surface area contributed by atoms with Crippen LogP contribution in [0.5, 0.6) is 5.75 Å². The van der Waals surface area contributed by atoms with Crippen molar-refractivity contribution in [1.29, 1.82) is 0 Å². The first-order valence-electron chi connectivity index (χ1n) is 8.52. The molecule has 0 spiro atoms. The minimum Gasteiger partial charge on any atom is -0.406 e. The maximum absolute atomic E-state index is 12.3. The first-order chi connectivity index (χ1) is 11.4. The van der Waals surface area contributed by atoms with E-state index in [2.05, 4.69) is 23.9 Å². The Hall–Kier alpha value is -1.72. The summed E-state index contributed by atoms with van der Waals surface area (Å²) in [4.78, 5) is 12.3. The van der Waals surface area contributed by atoms with Gasteiger partial charge in [0.25, 0.3) is 5.91 Å². The van der Waals surface area contributed by atoms with Crippen molar-refractivity contribution in [2.45, 2.75) is 71.2 Å². The highest BCUT2D eigenvalue weighted by Crippen LogP contribution is 2.22. The van der Waals surface area contributed by atoms with Crippen molar-refractivity contribution in [3.8, 4) is 5.75 Å². The lowest BCUT2D eigenvalue weighted by molar-refractivity contribution is -0.274. The van der Waals surface area contributed by atoms with E-state index in [9.17, 15) is 18.0 Å².